The second kappa shape index (κ2) is 8.22. The molecule has 1 aromatic rings. The van der Waals surface area contributed by atoms with Gasteiger partial charge in [-0.25, -0.2) is 0 Å². The minimum Gasteiger partial charge on any atom is -0.497 e. The van der Waals surface area contributed by atoms with Gasteiger partial charge in [0.05, 0.1) is 32.8 Å². The maximum Gasteiger partial charge on any atom is 0.227 e. The number of nitrogens with zero attached hydrogens (tertiary/aromatic N) is 2. The third-order valence-corrected chi connectivity index (χ3v) is 6.36. The molecule has 1 aliphatic carbocycles. The van der Waals surface area contributed by atoms with Crippen molar-refractivity contribution in [2.75, 3.05) is 47.1 Å². The molecule has 2 amide bonds. The van der Waals surface area contributed by atoms with Gasteiger partial charge in [0, 0.05) is 38.2 Å². The first-order chi connectivity index (χ1) is 14.0. The van der Waals surface area contributed by atoms with E-state index in [1.54, 1.807) is 14.2 Å². The van der Waals surface area contributed by atoms with Gasteiger partial charge in [-0.3, -0.25) is 9.59 Å². The predicted molar refractivity (Wildman–Crippen MR) is 107 cm³/mol. The average molecular weight is 402 g/mol. The largest absolute Gasteiger partial charge is 0.497 e. The number of rotatable bonds is 6. The first-order valence-corrected chi connectivity index (χ1v) is 10.4. The van der Waals surface area contributed by atoms with Crippen LogP contribution in [-0.4, -0.2) is 74.2 Å². The molecule has 1 saturated carbocycles. The maximum absolute atomic E-state index is 13.2. The van der Waals surface area contributed by atoms with Crippen LogP contribution in [0.25, 0.3) is 0 Å². The third-order valence-electron chi connectivity index (χ3n) is 6.36. The molecule has 158 valence electrons. The molecule has 4 rings (SSSR count). The molecule has 1 aromatic carbocycles. The first kappa shape index (κ1) is 20.0. The molecule has 0 N–H and O–H groups in total. The molecule has 7 nitrogen and oxygen atoms in total. The lowest BCUT2D eigenvalue weighted by Gasteiger charge is -2.40. The second-order valence-electron chi connectivity index (χ2n) is 8.39. The van der Waals surface area contributed by atoms with Crippen molar-refractivity contribution in [3.8, 4) is 11.5 Å². The van der Waals surface area contributed by atoms with Gasteiger partial charge in [0.1, 0.15) is 11.5 Å². The van der Waals surface area contributed by atoms with Gasteiger partial charge in [0.15, 0.2) is 0 Å². The van der Waals surface area contributed by atoms with E-state index in [2.05, 4.69) is 0 Å². The Morgan fingerprint density at radius 2 is 2.10 bits per heavy atom. The molecule has 2 aliphatic heterocycles. The summed E-state index contributed by atoms with van der Waals surface area (Å²) in [5.74, 6) is 2.12. The molecule has 0 radical (unpaired) electrons. The van der Waals surface area contributed by atoms with E-state index in [0.29, 0.717) is 50.1 Å². The fourth-order valence-corrected chi connectivity index (χ4v) is 4.45. The minimum atomic E-state index is -0.385. The second-order valence-corrected chi connectivity index (χ2v) is 8.39. The van der Waals surface area contributed by atoms with Gasteiger partial charge in [-0.05, 0) is 43.4 Å². The van der Waals surface area contributed by atoms with Gasteiger partial charge in [0.2, 0.25) is 11.8 Å². The summed E-state index contributed by atoms with van der Waals surface area (Å²) in [5, 5.41) is 0. The van der Waals surface area contributed by atoms with Crippen molar-refractivity contribution in [3.05, 3.63) is 23.8 Å². The smallest absolute Gasteiger partial charge is 0.227 e. The Balaban J connectivity index is 1.54. The molecule has 29 heavy (non-hydrogen) atoms. The predicted octanol–water partition coefficient (Wildman–Crippen LogP) is 1.88. The molecule has 3 aliphatic rings. The maximum atomic E-state index is 13.2. The first-order valence-electron chi connectivity index (χ1n) is 10.4. The third kappa shape index (κ3) is 4.20. The van der Waals surface area contributed by atoms with Crippen LogP contribution in [0.2, 0.25) is 0 Å². The summed E-state index contributed by atoms with van der Waals surface area (Å²) in [4.78, 5) is 30.1. The van der Waals surface area contributed by atoms with Crippen molar-refractivity contribution in [1.82, 2.24) is 9.80 Å². The summed E-state index contributed by atoms with van der Waals surface area (Å²) in [6, 6.07) is 5.47. The summed E-state index contributed by atoms with van der Waals surface area (Å²) >= 11 is 0. The Kier molecular flexibility index (Phi) is 5.67. The molecular weight excluding hydrogens is 372 g/mol. The lowest BCUT2D eigenvalue weighted by atomic mass is 9.94. The quantitative estimate of drug-likeness (QED) is 0.727. The van der Waals surface area contributed by atoms with Crippen molar-refractivity contribution in [1.29, 1.82) is 0 Å². The highest BCUT2D eigenvalue weighted by atomic mass is 16.5. The van der Waals surface area contributed by atoms with Gasteiger partial charge in [-0.2, -0.15) is 0 Å². The van der Waals surface area contributed by atoms with Crippen LogP contribution in [0.4, 0.5) is 0 Å². The Morgan fingerprint density at radius 3 is 2.76 bits per heavy atom. The topological polar surface area (TPSA) is 68.3 Å². The summed E-state index contributed by atoms with van der Waals surface area (Å²) in [6.45, 7) is 2.94. The van der Waals surface area contributed by atoms with Crippen LogP contribution in [0, 0.1) is 5.92 Å². The monoisotopic (exact) mass is 402 g/mol. The molecule has 3 fully saturated rings. The normalized spacial score (nSPS) is 24.7. The summed E-state index contributed by atoms with van der Waals surface area (Å²) in [5.41, 5.74) is 0.406. The SMILES string of the molecule is COc1ccc(OC)c(CC(=O)N2CCC(=O)N(CC3CC3)C3(CCOC3)C2)c1. The Hall–Kier alpha value is -2.28. The number of carbonyl (C=O) groups excluding carboxylic acids is 2. The van der Waals surface area contributed by atoms with Crippen molar-refractivity contribution in [3.63, 3.8) is 0 Å². The van der Waals surface area contributed by atoms with E-state index in [1.165, 1.54) is 12.8 Å². The summed E-state index contributed by atoms with van der Waals surface area (Å²) in [7, 11) is 3.20. The van der Waals surface area contributed by atoms with Crippen LogP contribution in [0.5, 0.6) is 11.5 Å². The molecule has 0 bridgehead atoms. The van der Waals surface area contributed by atoms with E-state index < -0.39 is 0 Å². The van der Waals surface area contributed by atoms with Gasteiger partial charge >= 0.3 is 0 Å². The molecular formula is C22H30N2O5. The van der Waals surface area contributed by atoms with E-state index in [9.17, 15) is 9.59 Å². The zero-order valence-corrected chi connectivity index (χ0v) is 17.3. The minimum absolute atomic E-state index is 0.00361. The highest BCUT2D eigenvalue weighted by Gasteiger charge is 2.48. The van der Waals surface area contributed by atoms with Crippen molar-refractivity contribution in [2.24, 2.45) is 5.92 Å². The number of amides is 2. The van der Waals surface area contributed by atoms with Crippen molar-refractivity contribution in [2.45, 2.75) is 37.6 Å². The van der Waals surface area contributed by atoms with E-state index in [1.807, 2.05) is 28.0 Å². The van der Waals surface area contributed by atoms with Crippen molar-refractivity contribution < 1.29 is 23.8 Å². The number of carbonyl (C=O) groups is 2. The fourth-order valence-electron chi connectivity index (χ4n) is 4.45. The van der Waals surface area contributed by atoms with E-state index in [4.69, 9.17) is 14.2 Å². The Bertz CT molecular complexity index is 770. The Morgan fingerprint density at radius 1 is 1.28 bits per heavy atom. The Labute approximate surface area is 171 Å². The lowest BCUT2D eigenvalue weighted by Crippen LogP contribution is -2.57. The van der Waals surface area contributed by atoms with Crippen LogP contribution in [-0.2, 0) is 20.7 Å². The van der Waals surface area contributed by atoms with Gasteiger partial charge in [0.25, 0.3) is 0 Å². The summed E-state index contributed by atoms with van der Waals surface area (Å²) < 4.78 is 16.4. The number of hydrogen-bond acceptors (Lipinski definition) is 5. The van der Waals surface area contributed by atoms with E-state index in [-0.39, 0.29) is 23.8 Å². The zero-order chi connectivity index (χ0) is 20.4. The van der Waals surface area contributed by atoms with E-state index in [0.717, 1.165) is 18.5 Å². The molecule has 0 aromatic heterocycles. The number of hydrogen-bond donors (Lipinski definition) is 0. The van der Waals surface area contributed by atoms with Crippen LogP contribution in [0.3, 0.4) is 0 Å². The van der Waals surface area contributed by atoms with Crippen LogP contribution < -0.4 is 9.47 Å². The highest BCUT2D eigenvalue weighted by molar-refractivity contribution is 5.83. The number of benzene rings is 1. The molecule has 1 unspecified atom stereocenters. The van der Waals surface area contributed by atoms with Crippen molar-refractivity contribution >= 4 is 11.8 Å². The molecule has 1 atom stereocenters. The number of methoxy groups -OCH3 is 2. The highest BCUT2D eigenvalue weighted by Crippen LogP contribution is 2.37. The lowest BCUT2D eigenvalue weighted by molar-refractivity contribution is -0.138. The van der Waals surface area contributed by atoms with Crippen LogP contribution in [0.1, 0.15) is 31.2 Å². The van der Waals surface area contributed by atoms with Gasteiger partial charge < -0.3 is 24.0 Å². The van der Waals surface area contributed by atoms with E-state index >= 15 is 0 Å². The number of ether oxygens (including phenoxy) is 3. The van der Waals surface area contributed by atoms with Crippen LogP contribution in [0.15, 0.2) is 18.2 Å². The molecule has 2 heterocycles. The molecule has 1 spiro atoms. The standard InChI is InChI=1S/C22H30N2O5/c1-27-18-5-6-19(28-2)17(11-18)12-21(26)23-9-7-20(25)24(13-16-3-4-16)22(14-23)8-10-29-15-22/h5-6,11,16H,3-4,7-10,12-15H2,1-2H3. The zero-order valence-electron chi connectivity index (χ0n) is 17.3. The average Bonchev–Trinajstić information content (AvgIpc) is 3.46. The van der Waals surface area contributed by atoms with Gasteiger partial charge in [-0.1, -0.05) is 0 Å². The molecule has 7 heteroatoms. The van der Waals surface area contributed by atoms with Crippen LogP contribution >= 0.6 is 0 Å². The van der Waals surface area contributed by atoms with Gasteiger partial charge in [-0.15, -0.1) is 0 Å². The fraction of sp³-hybridized carbons (Fsp3) is 0.636. The summed E-state index contributed by atoms with van der Waals surface area (Å²) in [6.07, 6.45) is 3.76. The molecule has 2 saturated heterocycles.